The minimum absolute atomic E-state index is 0.0134. The Kier molecular flexibility index (Phi) is 13.2. The van der Waals surface area contributed by atoms with Gasteiger partial charge in [0, 0.05) is 43.9 Å². The molecule has 8 nitrogen and oxygen atoms in total. The lowest BCUT2D eigenvalue weighted by molar-refractivity contribution is -0.141. The van der Waals surface area contributed by atoms with Crippen LogP contribution in [0.25, 0.3) is 0 Å². The van der Waals surface area contributed by atoms with Gasteiger partial charge in [0.05, 0.1) is 12.2 Å². The molecule has 1 aromatic rings. The molecule has 1 aromatic carbocycles. The average Bonchev–Trinajstić information content (AvgIpc) is 3.52. The van der Waals surface area contributed by atoms with E-state index in [0.717, 1.165) is 24.8 Å². The van der Waals surface area contributed by atoms with Gasteiger partial charge in [0.25, 0.3) is 0 Å². The second-order valence-corrected chi connectivity index (χ2v) is 12.0. The van der Waals surface area contributed by atoms with E-state index in [9.17, 15) is 34.5 Å². The van der Waals surface area contributed by atoms with Crippen molar-refractivity contribution in [1.29, 1.82) is 0 Å². The van der Waals surface area contributed by atoms with Gasteiger partial charge in [-0.2, -0.15) is 0 Å². The standard InChI is InChI=1S/C33H47NO7/c1-2-3-9-23-14-15-24(18-23)29(36)17-16-26-27(31(38)21-30(26)37)20-25(35)12-7-8-13-32(39)34-28(33(40)41)19-22-10-5-4-6-11-22/h4-6,10-11,16-17,23-24,26-30,36-37H,2-3,7-9,12-15,18-21H2,1H3,(H,34,39)(H,40,41)/b17-16+/t23-,24-,26+,27+,28-,29-,30+/m0/s1. The number of aliphatic hydroxyl groups excluding tert-OH is 2. The Bertz CT molecular complexity index is 1040. The molecule has 3 rings (SSSR count). The Morgan fingerprint density at radius 3 is 2.51 bits per heavy atom. The molecule has 226 valence electrons. The summed E-state index contributed by atoms with van der Waals surface area (Å²) in [6, 6.07) is 8.06. The van der Waals surface area contributed by atoms with Crippen LogP contribution in [0.1, 0.15) is 89.5 Å². The second kappa shape index (κ2) is 16.6. The Morgan fingerprint density at radius 1 is 1.07 bits per heavy atom. The van der Waals surface area contributed by atoms with E-state index in [4.69, 9.17) is 0 Å². The molecule has 4 N–H and O–H groups in total. The maximum absolute atomic E-state index is 12.7. The van der Waals surface area contributed by atoms with Gasteiger partial charge in [-0.15, -0.1) is 0 Å². The van der Waals surface area contributed by atoms with Crippen LogP contribution >= 0.6 is 0 Å². The molecule has 2 fully saturated rings. The second-order valence-electron chi connectivity index (χ2n) is 12.0. The molecule has 0 bridgehead atoms. The van der Waals surface area contributed by atoms with Crippen LogP contribution in [0.4, 0.5) is 0 Å². The number of rotatable bonds is 17. The number of nitrogens with one attached hydrogen (secondary N) is 1. The van der Waals surface area contributed by atoms with Crippen molar-refractivity contribution in [3.05, 3.63) is 48.0 Å². The highest BCUT2D eigenvalue weighted by Crippen LogP contribution is 2.38. The van der Waals surface area contributed by atoms with Gasteiger partial charge in [-0.1, -0.05) is 75.1 Å². The highest BCUT2D eigenvalue weighted by atomic mass is 16.4. The normalized spacial score (nSPS) is 25.8. The molecule has 0 heterocycles. The average molecular weight is 570 g/mol. The lowest BCUT2D eigenvalue weighted by atomic mass is 9.87. The molecule has 2 aliphatic rings. The summed E-state index contributed by atoms with van der Waals surface area (Å²) in [5, 5.41) is 33.2. The van der Waals surface area contributed by atoms with Crippen molar-refractivity contribution in [2.24, 2.45) is 23.7 Å². The lowest BCUT2D eigenvalue weighted by Crippen LogP contribution is -2.42. The SMILES string of the molecule is CCCC[C@H]1CC[C@H]([C@@H](O)/C=C/[C@H]2[C@H](O)CC(=O)[C@@H]2CC(=O)CCCCC(=O)N[C@@H](Cc2ccccc2)C(=O)O)C1. The molecule has 2 aliphatic carbocycles. The first-order valence-electron chi connectivity index (χ1n) is 15.3. The minimum atomic E-state index is -1.10. The van der Waals surface area contributed by atoms with Crippen LogP contribution in [0.15, 0.2) is 42.5 Å². The fourth-order valence-corrected chi connectivity index (χ4v) is 6.34. The van der Waals surface area contributed by atoms with Crippen molar-refractivity contribution in [2.75, 3.05) is 0 Å². The quantitative estimate of drug-likeness (QED) is 0.161. The van der Waals surface area contributed by atoms with Crippen molar-refractivity contribution in [3.63, 3.8) is 0 Å². The van der Waals surface area contributed by atoms with Gasteiger partial charge in [-0.05, 0) is 43.1 Å². The topological polar surface area (TPSA) is 141 Å². The minimum Gasteiger partial charge on any atom is -0.480 e. The summed E-state index contributed by atoms with van der Waals surface area (Å²) in [6.45, 7) is 2.19. The Hall–Kier alpha value is -2.84. The van der Waals surface area contributed by atoms with Gasteiger partial charge in [-0.25, -0.2) is 4.79 Å². The van der Waals surface area contributed by atoms with E-state index < -0.39 is 36.1 Å². The number of carboxylic acid groups (broad SMARTS) is 1. The maximum Gasteiger partial charge on any atom is 0.326 e. The van der Waals surface area contributed by atoms with Crippen LogP contribution in [-0.2, 0) is 25.6 Å². The molecule has 1 amide bonds. The Morgan fingerprint density at radius 2 is 1.80 bits per heavy atom. The number of benzene rings is 1. The number of aliphatic carboxylic acids is 1. The van der Waals surface area contributed by atoms with Crippen LogP contribution in [0.5, 0.6) is 0 Å². The smallest absolute Gasteiger partial charge is 0.326 e. The zero-order valence-electron chi connectivity index (χ0n) is 24.2. The van der Waals surface area contributed by atoms with E-state index in [1.54, 1.807) is 12.2 Å². The zero-order chi connectivity index (χ0) is 29.8. The number of carbonyl (C=O) groups is 4. The van der Waals surface area contributed by atoms with E-state index >= 15 is 0 Å². The molecule has 0 radical (unpaired) electrons. The van der Waals surface area contributed by atoms with E-state index in [2.05, 4.69) is 12.2 Å². The Balaban J connectivity index is 1.40. The highest BCUT2D eigenvalue weighted by molar-refractivity contribution is 5.90. The summed E-state index contributed by atoms with van der Waals surface area (Å²) in [5.41, 5.74) is 0.814. The number of carbonyl (C=O) groups excluding carboxylic acids is 3. The summed E-state index contributed by atoms with van der Waals surface area (Å²) in [7, 11) is 0. The number of carboxylic acids is 1. The number of amides is 1. The summed E-state index contributed by atoms with van der Waals surface area (Å²) in [5.74, 6) is -1.93. The molecule has 0 unspecified atom stereocenters. The van der Waals surface area contributed by atoms with Gasteiger partial charge >= 0.3 is 5.97 Å². The largest absolute Gasteiger partial charge is 0.480 e. The lowest BCUT2D eigenvalue weighted by Gasteiger charge is -2.19. The third kappa shape index (κ3) is 10.5. The molecule has 0 aliphatic heterocycles. The number of hydrogen-bond acceptors (Lipinski definition) is 6. The molecule has 7 atom stereocenters. The number of Topliss-reactive ketones (excluding diaryl/α,β-unsaturated/α-hetero) is 2. The molecule has 0 aromatic heterocycles. The van der Waals surface area contributed by atoms with Gasteiger partial charge in [0.1, 0.15) is 17.6 Å². The van der Waals surface area contributed by atoms with Crippen LogP contribution in [-0.4, -0.2) is 57.0 Å². The molecular formula is C33H47NO7. The van der Waals surface area contributed by atoms with Crippen LogP contribution < -0.4 is 5.32 Å². The first-order chi connectivity index (χ1) is 19.7. The molecule has 0 spiro atoms. The first kappa shape index (κ1) is 32.7. The van der Waals surface area contributed by atoms with E-state index in [0.29, 0.717) is 18.8 Å². The van der Waals surface area contributed by atoms with Crippen molar-refractivity contribution in [3.8, 4) is 0 Å². The van der Waals surface area contributed by atoms with Crippen molar-refractivity contribution < 1.29 is 34.5 Å². The molecule has 0 saturated heterocycles. The molecule has 8 heteroatoms. The summed E-state index contributed by atoms with van der Waals surface area (Å²) < 4.78 is 0. The van der Waals surface area contributed by atoms with Crippen molar-refractivity contribution in [1.82, 2.24) is 5.32 Å². The predicted molar refractivity (Wildman–Crippen MR) is 156 cm³/mol. The number of ketones is 2. The first-order valence-corrected chi connectivity index (χ1v) is 15.3. The number of aliphatic hydroxyl groups is 2. The number of hydrogen-bond donors (Lipinski definition) is 4. The fourth-order valence-electron chi connectivity index (χ4n) is 6.34. The van der Waals surface area contributed by atoms with E-state index in [-0.39, 0.29) is 55.5 Å². The summed E-state index contributed by atoms with van der Waals surface area (Å²) >= 11 is 0. The van der Waals surface area contributed by atoms with Gasteiger partial charge in [0.2, 0.25) is 5.91 Å². The van der Waals surface area contributed by atoms with Gasteiger partial charge < -0.3 is 20.6 Å². The van der Waals surface area contributed by atoms with Crippen LogP contribution in [0.3, 0.4) is 0 Å². The van der Waals surface area contributed by atoms with E-state index in [1.807, 2.05) is 30.3 Å². The third-order valence-corrected chi connectivity index (χ3v) is 8.77. The van der Waals surface area contributed by atoms with Gasteiger partial charge in [0.15, 0.2) is 0 Å². The zero-order valence-corrected chi connectivity index (χ0v) is 24.2. The molecule has 41 heavy (non-hydrogen) atoms. The van der Waals surface area contributed by atoms with Crippen molar-refractivity contribution in [2.45, 2.75) is 109 Å². The fraction of sp³-hybridized carbons (Fsp3) is 0.636. The maximum atomic E-state index is 12.7. The van der Waals surface area contributed by atoms with Crippen LogP contribution in [0.2, 0.25) is 0 Å². The summed E-state index contributed by atoms with van der Waals surface area (Å²) in [4.78, 5) is 49.2. The van der Waals surface area contributed by atoms with Gasteiger partial charge in [-0.3, -0.25) is 14.4 Å². The third-order valence-electron chi connectivity index (χ3n) is 8.77. The van der Waals surface area contributed by atoms with Crippen LogP contribution in [0, 0.1) is 23.7 Å². The molecular weight excluding hydrogens is 522 g/mol. The number of unbranched alkanes of at least 4 members (excludes halogenated alkanes) is 2. The Labute approximate surface area is 243 Å². The van der Waals surface area contributed by atoms with E-state index in [1.165, 1.54) is 19.3 Å². The monoisotopic (exact) mass is 569 g/mol. The molecule has 2 saturated carbocycles. The van der Waals surface area contributed by atoms with Crippen molar-refractivity contribution >= 4 is 23.4 Å². The predicted octanol–water partition coefficient (Wildman–Crippen LogP) is 4.41. The highest BCUT2D eigenvalue weighted by Gasteiger charge is 2.41. The summed E-state index contributed by atoms with van der Waals surface area (Å²) in [6.07, 6.45) is 10.1.